The minimum absolute atomic E-state index is 0.0588. The fourth-order valence-electron chi connectivity index (χ4n) is 4.10. The second-order valence-corrected chi connectivity index (χ2v) is 6.66. The second-order valence-electron chi connectivity index (χ2n) is 6.66. The van der Waals surface area contributed by atoms with Crippen LogP contribution >= 0.6 is 0 Å². The number of nitrogens with zero attached hydrogens (tertiary/aromatic N) is 2. The van der Waals surface area contributed by atoms with Gasteiger partial charge in [-0.3, -0.25) is 14.9 Å². The minimum atomic E-state index is -0.671. The molecular weight excluding hydrogens is 312 g/mol. The van der Waals surface area contributed by atoms with Gasteiger partial charge in [0.15, 0.2) is 5.75 Å². The minimum Gasteiger partial charge on any atom is -0.502 e. The first-order chi connectivity index (χ1) is 11.4. The van der Waals surface area contributed by atoms with E-state index < -0.39 is 16.4 Å². The number of nitro groups is 1. The summed E-state index contributed by atoms with van der Waals surface area (Å²) in [6, 6.07) is 3.85. The number of benzene rings is 1. The monoisotopic (exact) mass is 334 g/mol. The van der Waals surface area contributed by atoms with E-state index >= 15 is 0 Å². The van der Waals surface area contributed by atoms with E-state index in [0.29, 0.717) is 6.61 Å². The highest BCUT2D eigenvalue weighted by atomic mass is 16.6. The van der Waals surface area contributed by atoms with Crippen LogP contribution in [0.15, 0.2) is 18.2 Å². The van der Waals surface area contributed by atoms with Gasteiger partial charge in [0.05, 0.1) is 11.0 Å². The van der Waals surface area contributed by atoms with Gasteiger partial charge >= 0.3 is 5.69 Å². The van der Waals surface area contributed by atoms with Crippen LogP contribution < -0.4 is 0 Å². The lowest BCUT2D eigenvalue weighted by atomic mass is 9.50. The van der Waals surface area contributed by atoms with Gasteiger partial charge in [0.25, 0.3) is 5.91 Å². The number of ether oxygens (including phenoxy) is 1. The summed E-state index contributed by atoms with van der Waals surface area (Å²) in [6.45, 7) is 2.65. The molecule has 0 aromatic heterocycles. The molecule has 3 rings (SSSR count). The van der Waals surface area contributed by atoms with Gasteiger partial charge in [0.1, 0.15) is 0 Å². The van der Waals surface area contributed by atoms with Crippen molar-refractivity contribution in [1.29, 1.82) is 0 Å². The Bertz CT molecular complexity index is 671. The van der Waals surface area contributed by atoms with E-state index in [1.165, 1.54) is 18.2 Å². The zero-order chi connectivity index (χ0) is 17.5. The number of nitro benzene ring substituents is 1. The summed E-state index contributed by atoms with van der Waals surface area (Å²) in [5.41, 5.74) is -0.0804. The van der Waals surface area contributed by atoms with Gasteiger partial charge in [-0.25, -0.2) is 0 Å². The van der Waals surface area contributed by atoms with Crippen molar-refractivity contribution in [3.05, 3.63) is 33.9 Å². The molecule has 0 radical (unpaired) electrons. The number of amides is 1. The molecule has 2 aliphatic rings. The second kappa shape index (κ2) is 6.05. The van der Waals surface area contributed by atoms with Gasteiger partial charge in [-0.1, -0.05) is 6.42 Å². The maximum absolute atomic E-state index is 12.7. The molecular formula is C17H22N2O5. The largest absolute Gasteiger partial charge is 0.502 e. The topological polar surface area (TPSA) is 92.9 Å². The molecule has 24 heavy (non-hydrogen) atoms. The van der Waals surface area contributed by atoms with Crippen LogP contribution in [0.1, 0.15) is 43.0 Å². The van der Waals surface area contributed by atoms with E-state index in [4.69, 9.17) is 4.74 Å². The number of hydrogen-bond acceptors (Lipinski definition) is 5. The molecule has 0 saturated heterocycles. The fourth-order valence-corrected chi connectivity index (χ4v) is 4.10. The molecule has 130 valence electrons. The van der Waals surface area contributed by atoms with E-state index in [0.717, 1.165) is 25.7 Å². The molecule has 2 atom stereocenters. The van der Waals surface area contributed by atoms with Crippen LogP contribution in [0.5, 0.6) is 5.75 Å². The first kappa shape index (κ1) is 16.7. The van der Waals surface area contributed by atoms with E-state index in [1.54, 1.807) is 11.9 Å². The average molecular weight is 334 g/mol. The Balaban J connectivity index is 1.76. The van der Waals surface area contributed by atoms with Gasteiger partial charge in [-0.15, -0.1) is 0 Å². The van der Waals surface area contributed by atoms with Crippen molar-refractivity contribution < 1.29 is 19.6 Å². The molecule has 1 aromatic carbocycles. The maximum Gasteiger partial charge on any atom is 0.310 e. The number of rotatable bonds is 5. The number of aromatic hydroxyl groups is 1. The molecule has 2 aliphatic carbocycles. The first-order valence-corrected chi connectivity index (χ1v) is 8.27. The summed E-state index contributed by atoms with van der Waals surface area (Å²) in [4.78, 5) is 24.5. The van der Waals surface area contributed by atoms with E-state index in [9.17, 15) is 20.0 Å². The van der Waals surface area contributed by atoms with E-state index in [1.807, 2.05) is 6.92 Å². The highest BCUT2D eigenvalue weighted by molar-refractivity contribution is 5.95. The molecule has 1 aromatic rings. The van der Waals surface area contributed by atoms with Crippen LogP contribution in [0.2, 0.25) is 0 Å². The molecule has 0 unspecified atom stereocenters. The van der Waals surface area contributed by atoms with Crippen LogP contribution in [-0.4, -0.2) is 46.6 Å². The van der Waals surface area contributed by atoms with Crippen molar-refractivity contribution in [3.8, 4) is 5.75 Å². The van der Waals surface area contributed by atoms with Gasteiger partial charge in [0.2, 0.25) is 0 Å². The Kier molecular flexibility index (Phi) is 4.21. The lowest BCUT2D eigenvalue weighted by molar-refractivity contribution is -0.385. The predicted molar refractivity (Wildman–Crippen MR) is 87.0 cm³/mol. The van der Waals surface area contributed by atoms with Gasteiger partial charge in [-0.2, -0.15) is 0 Å². The molecule has 2 fully saturated rings. The third-order valence-corrected chi connectivity index (χ3v) is 5.60. The predicted octanol–water partition coefficient (Wildman–Crippen LogP) is 2.72. The summed E-state index contributed by atoms with van der Waals surface area (Å²) >= 11 is 0. The Morgan fingerprint density at radius 3 is 2.71 bits per heavy atom. The maximum atomic E-state index is 12.7. The van der Waals surface area contributed by atoms with E-state index in [-0.39, 0.29) is 29.0 Å². The number of carbonyl (C=O) groups excluding carboxylic acids is 1. The Hall–Kier alpha value is -2.15. The SMILES string of the molecule is CCO[C@@H]1C[C@@H](N(C)C(=O)c2ccc([N+](=O)[O-])c(O)c2)C12CCC2. The molecule has 7 nitrogen and oxygen atoms in total. The highest BCUT2D eigenvalue weighted by Crippen LogP contribution is 2.59. The summed E-state index contributed by atoms with van der Waals surface area (Å²) in [5.74, 6) is -0.718. The summed E-state index contributed by atoms with van der Waals surface area (Å²) in [6.07, 6.45) is 4.30. The third kappa shape index (κ3) is 2.43. The van der Waals surface area contributed by atoms with Crippen LogP contribution in [0.3, 0.4) is 0 Å². The van der Waals surface area contributed by atoms with Crippen LogP contribution in [0.4, 0.5) is 5.69 Å². The number of phenolic OH excluding ortho intramolecular Hbond substituents is 1. The smallest absolute Gasteiger partial charge is 0.310 e. The molecule has 1 N–H and O–H groups in total. The summed E-state index contributed by atoms with van der Waals surface area (Å²) < 4.78 is 5.81. The van der Waals surface area contributed by atoms with Crippen molar-refractivity contribution in [3.63, 3.8) is 0 Å². The molecule has 0 bridgehead atoms. The van der Waals surface area contributed by atoms with Gasteiger partial charge in [0, 0.05) is 36.7 Å². The highest BCUT2D eigenvalue weighted by Gasteiger charge is 2.60. The summed E-state index contributed by atoms with van der Waals surface area (Å²) in [7, 11) is 1.76. The van der Waals surface area contributed by atoms with Crippen molar-refractivity contribution >= 4 is 11.6 Å². The quantitative estimate of drug-likeness (QED) is 0.660. The van der Waals surface area contributed by atoms with Crippen molar-refractivity contribution in [2.24, 2.45) is 5.41 Å². The molecule has 1 amide bonds. The molecule has 0 heterocycles. The molecule has 1 spiro atoms. The van der Waals surface area contributed by atoms with E-state index in [2.05, 4.69) is 0 Å². The van der Waals surface area contributed by atoms with Gasteiger partial charge < -0.3 is 14.7 Å². The Morgan fingerprint density at radius 2 is 2.21 bits per heavy atom. The first-order valence-electron chi connectivity index (χ1n) is 8.27. The zero-order valence-electron chi connectivity index (χ0n) is 13.9. The molecule has 2 saturated carbocycles. The van der Waals surface area contributed by atoms with Crippen LogP contribution in [-0.2, 0) is 4.74 Å². The van der Waals surface area contributed by atoms with Crippen LogP contribution in [0.25, 0.3) is 0 Å². The van der Waals surface area contributed by atoms with Crippen molar-refractivity contribution in [1.82, 2.24) is 4.90 Å². The van der Waals surface area contributed by atoms with Crippen molar-refractivity contribution in [2.45, 2.75) is 44.8 Å². The Morgan fingerprint density at radius 1 is 1.50 bits per heavy atom. The average Bonchev–Trinajstić information content (AvgIpc) is 2.47. The normalized spacial score (nSPS) is 24.1. The van der Waals surface area contributed by atoms with Crippen molar-refractivity contribution in [2.75, 3.05) is 13.7 Å². The fraction of sp³-hybridized carbons (Fsp3) is 0.588. The lowest BCUT2D eigenvalue weighted by Gasteiger charge is -2.63. The standard InChI is InChI=1S/C17H22N2O5/c1-3-24-15-10-14(17(15)7-4-8-17)18(2)16(21)11-5-6-12(19(22)23)13(20)9-11/h5-6,9,14-15,20H,3-4,7-8,10H2,1-2H3/t14-,15-/m1/s1. The molecule has 0 aliphatic heterocycles. The Labute approximate surface area is 140 Å². The number of carbonyl (C=O) groups is 1. The third-order valence-electron chi connectivity index (χ3n) is 5.60. The number of hydrogen-bond donors (Lipinski definition) is 1. The molecule has 7 heteroatoms. The zero-order valence-corrected chi connectivity index (χ0v) is 13.9. The lowest BCUT2D eigenvalue weighted by Crippen LogP contribution is -2.67. The van der Waals surface area contributed by atoms with Gasteiger partial charge in [-0.05, 0) is 38.3 Å². The number of phenols is 1. The summed E-state index contributed by atoms with van der Waals surface area (Å²) in [5, 5.41) is 20.5. The van der Waals surface area contributed by atoms with Crippen LogP contribution in [0, 0.1) is 15.5 Å².